The quantitative estimate of drug-likeness (QED) is 0.629. The maximum atomic E-state index is 6.21. The summed E-state index contributed by atoms with van der Waals surface area (Å²) in [5, 5.41) is 3.44. The summed E-state index contributed by atoms with van der Waals surface area (Å²) in [6, 6.07) is 14.8. The molecule has 0 saturated carbocycles. The lowest BCUT2D eigenvalue weighted by molar-refractivity contribution is 0.274. The second-order valence-corrected chi connectivity index (χ2v) is 7.34. The number of pyridine rings is 1. The van der Waals surface area contributed by atoms with Crippen molar-refractivity contribution >= 4 is 5.52 Å². The van der Waals surface area contributed by atoms with Crippen LogP contribution in [0.4, 0.5) is 0 Å². The minimum atomic E-state index is 0.799. The number of para-hydroxylation sites is 1. The molecule has 3 nitrogen and oxygen atoms in total. The van der Waals surface area contributed by atoms with Gasteiger partial charge in [-0.1, -0.05) is 24.3 Å². The van der Waals surface area contributed by atoms with Gasteiger partial charge in [0.25, 0.3) is 0 Å². The highest BCUT2D eigenvalue weighted by Gasteiger charge is 2.14. The van der Waals surface area contributed by atoms with Crippen molar-refractivity contribution in [1.82, 2.24) is 9.72 Å². The zero-order chi connectivity index (χ0) is 17.8. The fraction of sp³-hybridized carbons (Fsp3) is 0.391. The normalized spacial score (nSPS) is 15.4. The van der Waals surface area contributed by atoms with Crippen LogP contribution in [0.5, 0.6) is 5.75 Å². The zero-order valence-electron chi connectivity index (χ0n) is 15.6. The number of fused-ring (bicyclic) bond motifs is 1. The summed E-state index contributed by atoms with van der Waals surface area (Å²) in [7, 11) is 0. The highest BCUT2D eigenvalue weighted by molar-refractivity contribution is 5.79. The van der Waals surface area contributed by atoms with Gasteiger partial charge in [-0.05, 0) is 75.4 Å². The fourth-order valence-electron chi connectivity index (χ4n) is 4.07. The summed E-state index contributed by atoms with van der Waals surface area (Å²) in [5.74, 6) is 1.87. The van der Waals surface area contributed by atoms with Crippen molar-refractivity contribution in [3.8, 4) is 16.9 Å². The third-order valence-corrected chi connectivity index (χ3v) is 5.60. The van der Waals surface area contributed by atoms with Crippen LogP contribution >= 0.6 is 0 Å². The van der Waals surface area contributed by atoms with Gasteiger partial charge >= 0.3 is 0 Å². The minimum absolute atomic E-state index is 0.799. The van der Waals surface area contributed by atoms with Crippen molar-refractivity contribution in [2.45, 2.75) is 32.6 Å². The first-order valence-electron chi connectivity index (χ1n) is 9.82. The standard InChI is InChI=1S/C23H28N2O/c1-18-21(17-25-15-5-4-9-22(18)25)20-8-2-3-10-23(20)26-16-6-7-19-11-13-24-14-12-19/h2-5,8-10,15,17,19,24H,6-7,11-14,16H2,1H3. The van der Waals surface area contributed by atoms with Gasteiger partial charge in [0.15, 0.2) is 0 Å². The Morgan fingerprint density at radius 1 is 1.04 bits per heavy atom. The Labute approximate surface area is 156 Å². The van der Waals surface area contributed by atoms with Crippen molar-refractivity contribution in [3.05, 3.63) is 60.4 Å². The van der Waals surface area contributed by atoms with Crippen LogP contribution in [0.15, 0.2) is 54.9 Å². The monoisotopic (exact) mass is 348 g/mol. The van der Waals surface area contributed by atoms with E-state index in [9.17, 15) is 0 Å². The van der Waals surface area contributed by atoms with Crippen molar-refractivity contribution in [2.24, 2.45) is 5.92 Å². The molecule has 2 aromatic heterocycles. The number of benzene rings is 1. The summed E-state index contributed by atoms with van der Waals surface area (Å²) >= 11 is 0. The van der Waals surface area contributed by atoms with Crippen molar-refractivity contribution in [1.29, 1.82) is 0 Å². The van der Waals surface area contributed by atoms with Gasteiger partial charge in [0.2, 0.25) is 0 Å². The van der Waals surface area contributed by atoms with Crippen molar-refractivity contribution in [3.63, 3.8) is 0 Å². The molecule has 3 heterocycles. The number of hydrogen-bond acceptors (Lipinski definition) is 2. The molecule has 0 atom stereocenters. The molecule has 0 radical (unpaired) electrons. The number of nitrogens with one attached hydrogen (secondary N) is 1. The van der Waals surface area contributed by atoms with E-state index in [1.807, 2.05) is 0 Å². The molecule has 4 rings (SSSR count). The number of piperidine rings is 1. The minimum Gasteiger partial charge on any atom is -0.493 e. The summed E-state index contributed by atoms with van der Waals surface area (Å²) in [4.78, 5) is 0. The molecule has 136 valence electrons. The second kappa shape index (κ2) is 7.96. The molecule has 3 aromatic rings. The SMILES string of the molecule is Cc1c(-c2ccccc2OCCCC2CCNCC2)cn2ccccc12. The topological polar surface area (TPSA) is 25.7 Å². The number of aryl methyl sites for hydroxylation is 1. The number of nitrogens with zero attached hydrogens (tertiary/aromatic N) is 1. The summed E-state index contributed by atoms with van der Waals surface area (Å²) in [5.41, 5.74) is 5.00. The van der Waals surface area contributed by atoms with Crippen molar-refractivity contribution in [2.75, 3.05) is 19.7 Å². The summed E-state index contributed by atoms with van der Waals surface area (Å²) in [6.45, 7) is 5.34. The fourth-order valence-corrected chi connectivity index (χ4v) is 4.07. The first kappa shape index (κ1) is 17.2. The predicted molar refractivity (Wildman–Crippen MR) is 108 cm³/mol. The number of ether oxygens (including phenoxy) is 1. The molecule has 0 spiro atoms. The number of aromatic nitrogens is 1. The van der Waals surface area contributed by atoms with Gasteiger partial charge in [-0.25, -0.2) is 0 Å². The van der Waals surface area contributed by atoms with E-state index in [-0.39, 0.29) is 0 Å². The second-order valence-electron chi connectivity index (χ2n) is 7.34. The molecule has 0 amide bonds. The van der Waals surface area contributed by atoms with E-state index >= 15 is 0 Å². The molecule has 3 heteroatoms. The summed E-state index contributed by atoms with van der Waals surface area (Å²) in [6.07, 6.45) is 9.35. The average molecular weight is 348 g/mol. The third-order valence-electron chi connectivity index (χ3n) is 5.60. The lowest BCUT2D eigenvalue weighted by Crippen LogP contribution is -2.27. The molecule has 1 N–H and O–H groups in total. The Morgan fingerprint density at radius 3 is 2.69 bits per heavy atom. The van der Waals surface area contributed by atoms with Crippen LogP contribution in [0.25, 0.3) is 16.6 Å². The average Bonchev–Trinajstić information content (AvgIpc) is 3.03. The molecule has 0 aliphatic carbocycles. The lowest BCUT2D eigenvalue weighted by Gasteiger charge is -2.22. The highest BCUT2D eigenvalue weighted by atomic mass is 16.5. The highest BCUT2D eigenvalue weighted by Crippen LogP contribution is 2.34. The molecule has 1 saturated heterocycles. The molecule has 26 heavy (non-hydrogen) atoms. The molecule has 1 fully saturated rings. The molecule has 1 aliphatic heterocycles. The number of rotatable bonds is 6. The predicted octanol–water partition coefficient (Wildman–Crippen LogP) is 5.07. The zero-order valence-corrected chi connectivity index (χ0v) is 15.6. The van der Waals surface area contributed by atoms with E-state index < -0.39 is 0 Å². The van der Waals surface area contributed by atoms with Crippen LogP contribution in [0.1, 0.15) is 31.2 Å². The Bertz CT molecular complexity index is 862. The largest absolute Gasteiger partial charge is 0.493 e. The summed E-state index contributed by atoms with van der Waals surface area (Å²) < 4.78 is 8.40. The molecular weight excluding hydrogens is 320 g/mol. The van der Waals surface area contributed by atoms with Gasteiger partial charge < -0.3 is 14.5 Å². The molecule has 1 aliphatic rings. The van der Waals surface area contributed by atoms with Gasteiger partial charge in [-0.2, -0.15) is 0 Å². The van der Waals surface area contributed by atoms with E-state index in [0.717, 1.165) is 24.7 Å². The van der Waals surface area contributed by atoms with Crippen LogP contribution in [-0.2, 0) is 0 Å². The Hall–Kier alpha value is -2.26. The van der Waals surface area contributed by atoms with E-state index in [2.05, 4.69) is 71.5 Å². The smallest absolute Gasteiger partial charge is 0.127 e. The maximum absolute atomic E-state index is 6.21. The van der Waals surface area contributed by atoms with Crippen LogP contribution in [0, 0.1) is 12.8 Å². The van der Waals surface area contributed by atoms with Gasteiger partial charge in [0.1, 0.15) is 5.75 Å². The van der Waals surface area contributed by atoms with E-state index in [1.165, 1.54) is 54.6 Å². The van der Waals surface area contributed by atoms with Crippen LogP contribution in [0.3, 0.4) is 0 Å². The lowest BCUT2D eigenvalue weighted by atomic mass is 9.93. The molecule has 1 aromatic carbocycles. The van der Waals surface area contributed by atoms with E-state index in [0.29, 0.717) is 0 Å². The van der Waals surface area contributed by atoms with Gasteiger partial charge in [-0.15, -0.1) is 0 Å². The maximum Gasteiger partial charge on any atom is 0.127 e. The van der Waals surface area contributed by atoms with Crippen LogP contribution in [-0.4, -0.2) is 24.1 Å². The Kier molecular flexibility index (Phi) is 5.26. The first-order chi connectivity index (χ1) is 12.8. The Balaban J connectivity index is 1.47. The van der Waals surface area contributed by atoms with Crippen molar-refractivity contribution < 1.29 is 4.74 Å². The van der Waals surface area contributed by atoms with Crippen LogP contribution in [0.2, 0.25) is 0 Å². The molecular formula is C23H28N2O. The third kappa shape index (κ3) is 3.63. The molecule has 0 bridgehead atoms. The van der Waals surface area contributed by atoms with E-state index in [1.54, 1.807) is 0 Å². The van der Waals surface area contributed by atoms with Gasteiger partial charge in [-0.3, -0.25) is 0 Å². The Morgan fingerprint density at radius 2 is 1.85 bits per heavy atom. The van der Waals surface area contributed by atoms with E-state index in [4.69, 9.17) is 4.74 Å². The number of hydrogen-bond donors (Lipinski definition) is 1. The van der Waals surface area contributed by atoms with Crippen LogP contribution < -0.4 is 10.1 Å². The first-order valence-corrected chi connectivity index (χ1v) is 9.82. The molecule has 0 unspecified atom stereocenters. The van der Waals surface area contributed by atoms with Gasteiger partial charge in [0, 0.05) is 29.0 Å². The van der Waals surface area contributed by atoms with Gasteiger partial charge in [0.05, 0.1) is 6.61 Å².